The Hall–Kier alpha value is -4.52. The highest BCUT2D eigenvalue weighted by atomic mass is 16.5. The van der Waals surface area contributed by atoms with Crippen LogP contribution in [0.3, 0.4) is 0 Å². The van der Waals surface area contributed by atoms with Crippen molar-refractivity contribution in [3.63, 3.8) is 0 Å². The number of ketones is 1. The fourth-order valence-corrected chi connectivity index (χ4v) is 6.09. The second-order valence-corrected chi connectivity index (χ2v) is 10.4. The molecule has 0 aliphatic heterocycles. The number of fused-ring (bicyclic) bond motifs is 3. The number of nitrogens with one attached hydrogen (secondary N) is 1. The van der Waals surface area contributed by atoms with Crippen LogP contribution in [0.4, 0.5) is 5.82 Å². The molecule has 7 nitrogen and oxygen atoms in total. The number of allylic oxidation sites excluding steroid dienone is 1. The van der Waals surface area contributed by atoms with Gasteiger partial charge in [-0.05, 0) is 55.3 Å². The Kier molecular flexibility index (Phi) is 7.39. The zero-order valence-electron chi connectivity index (χ0n) is 23.4. The molecule has 0 radical (unpaired) electrons. The fourth-order valence-electron chi connectivity index (χ4n) is 6.09. The number of para-hydroxylation sites is 1. The number of esters is 1. The summed E-state index contributed by atoms with van der Waals surface area (Å²) in [5.41, 5.74) is 8.21. The summed E-state index contributed by atoms with van der Waals surface area (Å²) in [5, 5.41) is 19.0. The van der Waals surface area contributed by atoms with Gasteiger partial charge < -0.3 is 9.84 Å². The van der Waals surface area contributed by atoms with Gasteiger partial charge in [0, 0.05) is 23.1 Å². The third-order valence-electron chi connectivity index (χ3n) is 7.73. The molecule has 40 heavy (non-hydrogen) atoms. The molecule has 5 rings (SSSR count). The summed E-state index contributed by atoms with van der Waals surface area (Å²) in [6, 6.07) is 19.8. The van der Waals surface area contributed by atoms with Crippen molar-refractivity contribution in [3.05, 3.63) is 94.2 Å². The van der Waals surface area contributed by atoms with Crippen molar-refractivity contribution in [2.24, 2.45) is 11.0 Å². The Bertz CT molecular complexity index is 1700. The average molecular weight is 536 g/mol. The fraction of sp³-hybridized carbons (Fsp3) is 0.273. The van der Waals surface area contributed by atoms with Gasteiger partial charge in [-0.1, -0.05) is 67.1 Å². The average Bonchev–Trinajstić information content (AvgIpc) is 2.93. The summed E-state index contributed by atoms with van der Waals surface area (Å²) in [6.07, 6.45) is 0.408. The first-order valence-corrected chi connectivity index (χ1v) is 13.5. The molecule has 7 heteroatoms. The first kappa shape index (κ1) is 27.1. The van der Waals surface area contributed by atoms with Crippen LogP contribution < -0.4 is 5.43 Å². The molecular formula is C33H33N3O4. The number of hydrazone groups is 1. The van der Waals surface area contributed by atoms with Crippen LogP contribution >= 0.6 is 0 Å². The quantitative estimate of drug-likeness (QED) is 0.121. The van der Waals surface area contributed by atoms with E-state index in [-0.39, 0.29) is 23.5 Å². The summed E-state index contributed by atoms with van der Waals surface area (Å²) in [7, 11) is 1.30. The maximum atomic E-state index is 13.6. The Morgan fingerprint density at radius 1 is 1.02 bits per heavy atom. The molecule has 2 N–H and O–H groups in total. The molecule has 1 aromatic heterocycles. The molecule has 204 valence electrons. The molecule has 3 aromatic carbocycles. The smallest absolute Gasteiger partial charge is 0.317 e. The van der Waals surface area contributed by atoms with Gasteiger partial charge in [-0.25, -0.2) is 4.98 Å². The van der Waals surface area contributed by atoms with Crippen LogP contribution in [0, 0.1) is 26.7 Å². The zero-order valence-corrected chi connectivity index (χ0v) is 23.4. The van der Waals surface area contributed by atoms with Crippen LogP contribution in [0.1, 0.15) is 47.9 Å². The van der Waals surface area contributed by atoms with Gasteiger partial charge in [-0.15, -0.1) is 0 Å². The molecule has 1 heterocycles. The molecule has 1 aliphatic rings. The van der Waals surface area contributed by atoms with E-state index in [1.807, 2.05) is 88.4 Å². The molecular weight excluding hydrogens is 502 g/mol. The molecule has 0 bridgehead atoms. The van der Waals surface area contributed by atoms with E-state index in [4.69, 9.17) is 9.72 Å². The van der Waals surface area contributed by atoms with E-state index in [2.05, 4.69) is 10.5 Å². The van der Waals surface area contributed by atoms with Gasteiger partial charge in [-0.2, -0.15) is 5.10 Å². The van der Waals surface area contributed by atoms with Crippen molar-refractivity contribution in [3.8, 4) is 0 Å². The van der Waals surface area contributed by atoms with Crippen molar-refractivity contribution < 1.29 is 19.4 Å². The number of carbonyl (C=O) groups is 2. The number of methoxy groups -OCH3 is 1. The molecule has 4 aromatic rings. The maximum Gasteiger partial charge on any atom is 0.317 e. The number of aryl methyl sites for hydroxylation is 3. The van der Waals surface area contributed by atoms with Gasteiger partial charge in [0.1, 0.15) is 11.7 Å². The number of hydrogen-bond donors (Lipinski definition) is 2. The number of aromatic nitrogens is 1. The van der Waals surface area contributed by atoms with E-state index in [1.165, 1.54) is 7.11 Å². The number of rotatable bonds is 6. The first-order valence-electron chi connectivity index (χ1n) is 13.5. The van der Waals surface area contributed by atoms with Crippen LogP contribution in [0.2, 0.25) is 0 Å². The highest BCUT2D eigenvalue weighted by Crippen LogP contribution is 2.43. The third kappa shape index (κ3) is 4.72. The van der Waals surface area contributed by atoms with Crippen molar-refractivity contribution in [2.75, 3.05) is 12.5 Å². The van der Waals surface area contributed by atoms with Crippen LogP contribution in [-0.2, 0) is 14.3 Å². The molecule has 0 amide bonds. The second-order valence-electron chi connectivity index (χ2n) is 10.4. The summed E-state index contributed by atoms with van der Waals surface area (Å²) in [5.74, 6) is -2.17. The number of nitrogens with zero attached hydrogens (tertiary/aromatic N) is 2. The summed E-state index contributed by atoms with van der Waals surface area (Å²) >= 11 is 0. The van der Waals surface area contributed by atoms with E-state index in [0.29, 0.717) is 18.0 Å². The maximum absolute atomic E-state index is 13.6. The normalized spacial score (nSPS) is 17.9. The minimum atomic E-state index is -1.02. The topological polar surface area (TPSA) is 101 Å². The largest absolute Gasteiger partial charge is 0.511 e. The number of pyridine rings is 1. The molecule has 0 unspecified atom stereocenters. The van der Waals surface area contributed by atoms with Crippen LogP contribution in [0.15, 0.2) is 77.1 Å². The first-order chi connectivity index (χ1) is 19.2. The number of benzene rings is 3. The van der Waals surface area contributed by atoms with E-state index in [1.54, 1.807) is 0 Å². The van der Waals surface area contributed by atoms with Crippen molar-refractivity contribution in [1.82, 2.24) is 4.98 Å². The van der Waals surface area contributed by atoms with Gasteiger partial charge in [0.25, 0.3) is 0 Å². The Morgan fingerprint density at radius 2 is 1.65 bits per heavy atom. The van der Waals surface area contributed by atoms with E-state index >= 15 is 0 Å². The molecule has 0 fully saturated rings. The zero-order chi connectivity index (χ0) is 28.6. The highest BCUT2D eigenvalue weighted by molar-refractivity contribution is 6.24. The van der Waals surface area contributed by atoms with E-state index in [0.717, 1.165) is 43.9 Å². The number of anilines is 1. The van der Waals surface area contributed by atoms with Crippen LogP contribution in [0.25, 0.3) is 21.7 Å². The second kappa shape index (κ2) is 10.9. The Morgan fingerprint density at radius 3 is 2.30 bits per heavy atom. The lowest BCUT2D eigenvalue weighted by Crippen LogP contribution is -2.36. The molecule has 0 spiro atoms. The Balaban J connectivity index is 1.60. The molecule has 1 aliphatic carbocycles. The third-order valence-corrected chi connectivity index (χ3v) is 7.73. The predicted molar refractivity (Wildman–Crippen MR) is 159 cm³/mol. The van der Waals surface area contributed by atoms with Crippen LogP contribution in [0.5, 0.6) is 0 Å². The van der Waals surface area contributed by atoms with Gasteiger partial charge in [0.05, 0.1) is 23.9 Å². The van der Waals surface area contributed by atoms with Crippen molar-refractivity contribution in [1.29, 1.82) is 0 Å². The van der Waals surface area contributed by atoms with E-state index < -0.39 is 17.8 Å². The SMILES string of the molecule is CCC(=NNc1nc2ccccc2c2ccccc12)C1=C(O)[C@H](C(=O)OC)[C@@H](c2c(C)cc(C)cc2C)CC1=O. The Labute approximate surface area is 233 Å². The lowest BCUT2D eigenvalue weighted by Gasteiger charge is -2.32. The molecule has 0 saturated carbocycles. The lowest BCUT2D eigenvalue weighted by molar-refractivity contribution is -0.146. The van der Waals surface area contributed by atoms with Gasteiger partial charge >= 0.3 is 5.97 Å². The number of ether oxygens (including phenoxy) is 1. The predicted octanol–water partition coefficient (Wildman–Crippen LogP) is 6.85. The molecule has 0 saturated heterocycles. The van der Waals surface area contributed by atoms with Gasteiger partial charge in [0.2, 0.25) is 0 Å². The summed E-state index contributed by atoms with van der Waals surface area (Å²) in [6.45, 7) is 7.80. The highest BCUT2D eigenvalue weighted by Gasteiger charge is 2.44. The van der Waals surface area contributed by atoms with Crippen LogP contribution in [-0.4, -0.2) is 34.7 Å². The van der Waals surface area contributed by atoms with E-state index in [9.17, 15) is 14.7 Å². The number of aliphatic hydroxyl groups is 1. The van der Waals surface area contributed by atoms with Crippen molar-refractivity contribution >= 4 is 45.0 Å². The summed E-state index contributed by atoms with van der Waals surface area (Å²) in [4.78, 5) is 31.5. The van der Waals surface area contributed by atoms with Gasteiger partial charge in [-0.3, -0.25) is 15.0 Å². The number of aliphatic hydroxyl groups excluding tert-OH is 1. The minimum Gasteiger partial charge on any atom is -0.511 e. The number of hydrogen-bond acceptors (Lipinski definition) is 7. The molecule has 2 atom stereocenters. The number of carbonyl (C=O) groups excluding carboxylic acids is 2. The van der Waals surface area contributed by atoms with Gasteiger partial charge in [0.15, 0.2) is 11.6 Å². The number of Topliss-reactive ketones (excluding diaryl/α,β-unsaturated/α-hetero) is 1. The standard InChI is InChI=1S/C33H33N3O4/c1-6-25(35-36-32-23-13-8-7-11-21(23)22-12-9-10-14-26(22)34-32)30-27(37)17-24(29(31(30)38)33(39)40-5)28-19(3)15-18(2)16-20(28)4/h7-16,24,29,38H,6,17H2,1-5H3,(H,34,36)/t24-,29-/m1/s1. The van der Waals surface area contributed by atoms with Crippen molar-refractivity contribution in [2.45, 2.75) is 46.5 Å². The monoisotopic (exact) mass is 535 g/mol. The summed E-state index contributed by atoms with van der Waals surface area (Å²) < 4.78 is 5.12. The lowest BCUT2D eigenvalue weighted by atomic mass is 9.71. The minimum absolute atomic E-state index is 0.0556.